The topological polar surface area (TPSA) is 149 Å². The minimum Gasteiger partial charge on any atom is -0.426 e. The number of piperazine rings is 1. The van der Waals surface area contributed by atoms with Crippen molar-refractivity contribution in [2.45, 2.75) is 38.1 Å². The Bertz CT molecular complexity index is 2180. The maximum Gasteiger partial charge on any atom is 0.351 e. The number of carbonyl (C=O) groups is 3. The van der Waals surface area contributed by atoms with Gasteiger partial charge in [0, 0.05) is 26.3 Å². The van der Waals surface area contributed by atoms with E-state index < -0.39 is 56.2 Å². The van der Waals surface area contributed by atoms with E-state index in [1.54, 1.807) is 12.1 Å². The molecule has 5 rings (SSSR count). The van der Waals surface area contributed by atoms with Crippen LogP contribution in [0.1, 0.15) is 37.8 Å². The van der Waals surface area contributed by atoms with Crippen molar-refractivity contribution in [1.82, 2.24) is 19.4 Å². The van der Waals surface area contributed by atoms with Gasteiger partial charge < -0.3 is 9.64 Å². The highest BCUT2D eigenvalue weighted by atomic mass is 32.2. The molecule has 4 aromatic rings. The number of ether oxygens (including phenoxy) is 1. The molecule has 1 saturated heterocycles. The summed E-state index contributed by atoms with van der Waals surface area (Å²) in [6.45, 7) is 7.39. The second-order valence-corrected chi connectivity index (χ2v) is 13.4. The largest absolute Gasteiger partial charge is 0.426 e. The Balaban J connectivity index is 1.82. The number of anilines is 1. The van der Waals surface area contributed by atoms with Crippen LogP contribution in [0.5, 0.6) is 5.75 Å². The predicted octanol–water partition coefficient (Wildman–Crippen LogP) is 3.60. The Kier molecular flexibility index (Phi) is 9.26. The summed E-state index contributed by atoms with van der Waals surface area (Å²) in [4.78, 5) is 62.0. The van der Waals surface area contributed by atoms with Crippen LogP contribution in [-0.4, -0.2) is 71.5 Å². The number of esters is 1. The molecule has 0 unspecified atom stereocenters. The fourth-order valence-corrected chi connectivity index (χ4v) is 6.62. The fourth-order valence-electron chi connectivity index (χ4n) is 5.66. The summed E-state index contributed by atoms with van der Waals surface area (Å²) in [7, 11) is -3.81. The highest BCUT2D eigenvalue weighted by molar-refractivity contribution is 7.90. The number of hydrogen-bond acceptors (Lipinski definition) is 9. The van der Waals surface area contributed by atoms with Gasteiger partial charge in [-0.25, -0.2) is 27.0 Å². The Hall–Kier alpha value is -5.31. The van der Waals surface area contributed by atoms with E-state index in [0.717, 1.165) is 40.9 Å². The van der Waals surface area contributed by atoms with E-state index in [-0.39, 0.29) is 65.2 Å². The number of amides is 2. The molecule has 250 valence electrons. The van der Waals surface area contributed by atoms with E-state index in [4.69, 9.17) is 4.74 Å². The number of hydrogen-bond donors (Lipinski definition) is 0. The summed E-state index contributed by atoms with van der Waals surface area (Å²) in [6, 6.07) is 9.15. The molecular weight excluding hydrogens is 648 g/mol. The average molecular weight is 680 g/mol. The minimum absolute atomic E-state index is 0.0513. The molecule has 0 N–H and O–H groups in total. The lowest BCUT2D eigenvalue weighted by Gasteiger charge is -2.33. The zero-order valence-corrected chi connectivity index (χ0v) is 27.3. The monoisotopic (exact) mass is 679 g/mol. The maximum atomic E-state index is 16.1. The third kappa shape index (κ3) is 6.45. The Labute approximate surface area is 274 Å². The second kappa shape index (κ2) is 13.1. The van der Waals surface area contributed by atoms with Gasteiger partial charge in [0.1, 0.15) is 29.5 Å². The van der Waals surface area contributed by atoms with E-state index in [1.807, 2.05) is 13.8 Å². The highest BCUT2D eigenvalue weighted by Crippen LogP contribution is 2.36. The van der Waals surface area contributed by atoms with Gasteiger partial charge in [-0.2, -0.15) is 4.98 Å². The predicted molar refractivity (Wildman–Crippen MR) is 172 cm³/mol. The first-order valence-corrected chi connectivity index (χ1v) is 16.6. The fraction of sp³-hybridized carbons (Fsp3) is 0.273. The van der Waals surface area contributed by atoms with Gasteiger partial charge in [0.25, 0.3) is 0 Å². The molecule has 2 aromatic heterocycles. The van der Waals surface area contributed by atoms with E-state index in [9.17, 15) is 27.6 Å². The quantitative estimate of drug-likeness (QED) is 0.155. The van der Waals surface area contributed by atoms with Crippen molar-refractivity contribution in [3.63, 3.8) is 0 Å². The van der Waals surface area contributed by atoms with Crippen LogP contribution in [0.15, 0.2) is 64.8 Å². The molecule has 48 heavy (non-hydrogen) atoms. The number of fused-ring (bicyclic) bond motifs is 1. The summed E-state index contributed by atoms with van der Waals surface area (Å²) in [5.41, 5.74) is -1.47. The summed E-state index contributed by atoms with van der Waals surface area (Å²) in [6.07, 6.45) is 2.09. The van der Waals surface area contributed by atoms with E-state index in [2.05, 4.69) is 16.5 Å². The van der Waals surface area contributed by atoms with Crippen LogP contribution in [0.3, 0.4) is 0 Å². The first-order valence-electron chi connectivity index (χ1n) is 14.7. The zero-order valence-electron chi connectivity index (χ0n) is 26.5. The van der Waals surface area contributed by atoms with Crippen LogP contribution in [-0.2, 0) is 30.8 Å². The van der Waals surface area contributed by atoms with E-state index in [1.165, 1.54) is 23.1 Å². The number of sulfone groups is 1. The van der Waals surface area contributed by atoms with Gasteiger partial charge in [0.2, 0.25) is 11.8 Å². The van der Waals surface area contributed by atoms with Gasteiger partial charge in [-0.15, -0.1) is 0 Å². The summed E-state index contributed by atoms with van der Waals surface area (Å²) in [5.74, 6) is -4.76. The van der Waals surface area contributed by atoms with Gasteiger partial charge in [0.15, 0.2) is 21.5 Å². The molecule has 2 amide bonds. The van der Waals surface area contributed by atoms with Crippen molar-refractivity contribution in [2.75, 3.05) is 30.8 Å². The molecule has 1 aliphatic heterocycles. The molecule has 0 aliphatic carbocycles. The Morgan fingerprint density at radius 2 is 1.77 bits per heavy atom. The number of benzene rings is 2. The van der Waals surface area contributed by atoms with Crippen LogP contribution < -0.4 is 15.3 Å². The standard InChI is InChI=1S/C33H31F2N5O7S/c1-6-27(42)38-13-14-39(28(43)17-38)32-21-15-24(35)30(29-23(34)10-8-11-25(29)47-19(4)41)36-31(21)40(33(44)37-32)16-22-20(18(2)3)9-7-12-26(22)48(5,45)46/h6-12,15,18H,1,13-14,16-17H2,2-5H3. The smallest absolute Gasteiger partial charge is 0.351 e. The second-order valence-electron chi connectivity index (χ2n) is 11.5. The van der Waals surface area contributed by atoms with Crippen molar-refractivity contribution < 1.29 is 36.3 Å². The normalized spacial score (nSPS) is 13.7. The molecule has 0 bridgehead atoms. The summed E-state index contributed by atoms with van der Waals surface area (Å²) >= 11 is 0. The van der Waals surface area contributed by atoms with Crippen LogP contribution >= 0.6 is 0 Å². The number of pyridine rings is 1. The van der Waals surface area contributed by atoms with Crippen molar-refractivity contribution in [3.8, 4) is 17.0 Å². The molecule has 15 heteroatoms. The number of aromatic nitrogens is 3. The lowest BCUT2D eigenvalue weighted by molar-refractivity contribution is -0.133. The average Bonchev–Trinajstić information content (AvgIpc) is 3.01. The van der Waals surface area contributed by atoms with Crippen LogP contribution in [0.25, 0.3) is 22.3 Å². The highest BCUT2D eigenvalue weighted by Gasteiger charge is 2.32. The van der Waals surface area contributed by atoms with Crippen LogP contribution in [0.2, 0.25) is 0 Å². The van der Waals surface area contributed by atoms with E-state index >= 15 is 8.78 Å². The molecule has 3 heterocycles. The van der Waals surface area contributed by atoms with Crippen molar-refractivity contribution in [1.29, 1.82) is 0 Å². The van der Waals surface area contributed by atoms with Gasteiger partial charge in [-0.05, 0) is 47.4 Å². The van der Waals surface area contributed by atoms with E-state index in [0.29, 0.717) is 5.56 Å². The van der Waals surface area contributed by atoms with Gasteiger partial charge in [0.05, 0.1) is 22.4 Å². The van der Waals surface area contributed by atoms with Crippen LogP contribution in [0, 0.1) is 11.6 Å². The van der Waals surface area contributed by atoms with Gasteiger partial charge in [-0.3, -0.25) is 23.9 Å². The molecule has 0 saturated carbocycles. The number of halogens is 2. The number of nitrogens with zero attached hydrogens (tertiary/aromatic N) is 5. The summed E-state index contributed by atoms with van der Waals surface area (Å²) < 4.78 is 63.3. The maximum absolute atomic E-state index is 16.1. The Morgan fingerprint density at radius 3 is 2.40 bits per heavy atom. The molecule has 0 atom stereocenters. The lowest BCUT2D eigenvalue weighted by Crippen LogP contribution is -2.52. The minimum atomic E-state index is -3.81. The lowest BCUT2D eigenvalue weighted by atomic mass is 9.97. The molecule has 1 aliphatic rings. The summed E-state index contributed by atoms with van der Waals surface area (Å²) in [5, 5.41) is -0.124. The van der Waals surface area contributed by atoms with Gasteiger partial charge in [-0.1, -0.05) is 38.6 Å². The molecular formula is C33H31F2N5O7S. The third-order valence-corrected chi connectivity index (χ3v) is 9.00. The zero-order chi connectivity index (χ0) is 35.1. The number of rotatable bonds is 8. The molecule has 1 fully saturated rings. The first kappa shape index (κ1) is 34.0. The van der Waals surface area contributed by atoms with Crippen LogP contribution in [0.4, 0.5) is 14.6 Å². The third-order valence-electron chi connectivity index (χ3n) is 7.82. The molecule has 0 radical (unpaired) electrons. The SMILES string of the molecule is C=CC(=O)N1CCN(c2nc(=O)n(Cc3c(C(C)C)cccc3S(C)(=O)=O)c3nc(-c4c(F)cccc4OC(C)=O)c(F)cc23)C(=O)C1. The van der Waals surface area contributed by atoms with Crippen molar-refractivity contribution >= 4 is 44.5 Å². The molecule has 12 nitrogen and oxygen atoms in total. The number of carbonyl (C=O) groups excluding carboxylic acids is 3. The Morgan fingerprint density at radius 1 is 1.06 bits per heavy atom. The van der Waals surface area contributed by atoms with Crippen molar-refractivity contribution in [3.05, 3.63) is 88.4 Å². The molecule has 0 spiro atoms. The first-order chi connectivity index (χ1) is 22.6. The van der Waals surface area contributed by atoms with Crippen molar-refractivity contribution in [2.24, 2.45) is 0 Å². The molecule has 2 aromatic carbocycles. The van der Waals surface area contributed by atoms with Gasteiger partial charge >= 0.3 is 11.7 Å².